The molecule has 0 saturated heterocycles. The van der Waals surface area contributed by atoms with Gasteiger partial charge in [-0.3, -0.25) is 0 Å². The van der Waals surface area contributed by atoms with Crippen LogP contribution in [0.15, 0.2) is 0 Å². The Morgan fingerprint density at radius 3 is 2.45 bits per heavy atom. The Labute approximate surface area is 121 Å². The lowest BCUT2D eigenvalue weighted by atomic mass is 10.0. The summed E-state index contributed by atoms with van der Waals surface area (Å²) in [5, 5.41) is 0. The van der Waals surface area contributed by atoms with Gasteiger partial charge in [-0.05, 0) is 39.0 Å². The van der Waals surface area contributed by atoms with E-state index in [4.69, 9.17) is 10.8 Å². The minimum absolute atomic E-state index is 0.446. The number of nitrogens with zero attached hydrogens (tertiary/aromatic N) is 3. The van der Waals surface area contributed by atoms with Gasteiger partial charge in [0.15, 0.2) is 0 Å². The maximum absolute atomic E-state index is 5.61. The summed E-state index contributed by atoms with van der Waals surface area (Å²) in [5.74, 6) is 9.49. The van der Waals surface area contributed by atoms with E-state index in [1.807, 2.05) is 6.92 Å². The van der Waals surface area contributed by atoms with Crippen LogP contribution < -0.4 is 16.2 Å². The Kier molecular flexibility index (Phi) is 4.48. The van der Waals surface area contributed by atoms with E-state index in [9.17, 15) is 0 Å². The smallest absolute Gasteiger partial charge is 0.148 e. The number of hydrogen-bond donors (Lipinski definition) is 2. The Hall–Kier alpha value is -1.36. The van der Waals surface area contributed by atoms with Crippen LogP contribution >= 0.6 is 0 Å². The fourth-order valence-corrected chi connectivity index (χ4v) is 2.58. The third-order valence-corrected chi connectivity index (χ3v) is 4.02. The molecule has 1 aliphatic carbocycles. The quantitative estimate of drug-likeness (QED) is 0.618. The topological polar surface area (TPSA) is 67.1 Å². The van der Waals surface area contributed by atoms with Gasteiger partial charge >= 0.3 is 0 Å². The van der Waals surface area contributed by atoms with Gasteiger partial charge in [0.1, 0.15) is 17.5 Å². The number of hydrazine groups is 1. The largest absolute Gasteiger partial charge is 0.357 e. The Morgan fingerprint density at radius 2 is 1.95 bits per heavy atom. The number of nitrogens with two attached hydrogens (primary N) is 1. The molecule has 0 bridgehead atoms. The molecule has 0 amide bonds. The summed E-state index contributed by atoms with van der Waals surface area (Å²) < 4.78 is 0. The third-order valence-electron chi connectivity index (χ3n) is 4.02. The van der Waals surface area contributed by atoms with Crippen molar-refractivity contribution in [1.29, 1.82) is 0 Å². The molecule has 0 aliphatic heterocycles. The summed E-state index contributed by atoms with van der Waals surface area (Å²) in [6.45, 7) is 8.77. The molecule has 5 heteroatoms. The van der Waals surface area contributed by atoms with E-state index < -0.39 is 0 Å². The molecule has 2 rings (SSSR count). The van der Waals surface area contributed by atoms with E-state index in [2.05, 4.69) is 43.1 Å². The normalized spacial score (nSPS) is 16.4. The molecule has 5 nitrogen and oxygen atoms in total. The number of anilines is 2. The number of hydrogen-bond acceptors (Lipinski definition) is 5. The molecule has 20 heavy (non-hydrogen) atoms. The first-order valence-electron chi connectivity index (χ1n) is 7.52. The summed E-state index contributed by atoms with van der Waals surface area (Å²) in [7, 11) is 2.11. The molecular formula is C15H27N5. The third kappa shape index (κ3) is 3.20. The SMILES string of the molecule is Cc1c(NN)nc(C2CC2)nc1N(C)C(C)CC(C)C. The van der Waals surface area contributed by atoms with Crippen molar-refractivity contribution in [3.8, 4) is 0 Å². The van der Waals surface area contributed by atoms with Crippen LogP contribution in [0.5, 0.6) is 0 Å². The first kappa shape index (κ1) is 15.0. The van der Waals surface area contributed by atoms with Gasteiger partial charge in [0.25, 0.3) is 0 Å². The van der Waals surface area contributed by atoms with Crippen LogP contribution in [-0.2, 0) is 0 Å². The fourth-order valence-electron chi connectivity index (χ4n) is 2.58. The lowest BCUT2D eigenvalue weighted by Crippen LogP contribution is -2.32. The second-order valence-corrected chi connectivity index (χ2v) is 6.39. The average Bonchev–Trinajstić information content (AvgIpc) is 3.21. The van der Waals surface area contributed by atoms with Crippen LogP contribution in [-0.4, -0.2) is 23.1 Å². The molecule has 1 unspecified atom stereocenters. The predicted octanol–water partition coefficient (Wildman–Crippen LogP) is 2.82. The van der Waals surface area contributed by atoms with Crippen molar-refractivity contribution in [1.82, 2.24) is 9.97 Å². The maximum Gasteiger partial charge on any atom is 0.148 e. The molecule has 1 aliphatic rings. The van der Waals surface area contributed by atoms with E-state index in [0.29, 0.717) is 17.9 Å². The number of rotatable bonds is 6. The molecule has 0 aromatic carbocycles. The second-order valence-electron chi connectivity index (χ2n) is 6.39. The highest BCUT2D eigenvalue weighted by Crippen LogP contribution is 2.40. The van der Waals surface area contributed by atoms with Crippen LogP contribution in [0.4, 0.5) is 11.6 Å². The summed E-state index contributed by atoms with van der Waals surface area (Å²) in [5.41, 5.74) is 3.74. The van der Waals surface area contributed by atoms with E-state index in [-0.39, 0.29) is 0 Å². The predicted molar refractivity (Wildman–Crippen MR) is 83.9 cm³/mol. The van der Waals surface area contributed by atoms with E-state index in [1.165, 1.54) is 12.8 Å². The van der Waals surface area contributed by atoms with Crippen molar-refractivity contribution in [3.63, 3.8) is 0 Å². The van der Waals surface area contributed by atoms with Crippen LogP contribution in [0.1, 0.15) is 57.3 Å². The highest BCUT2D eigenvalue weighted by Gasteiger charge is 2.29. The van der Waals surface area contributed by atoms with Crippen LogP contribution in [0.25, 0.3) is 0 Å². The van der Waals surface area contributed by atoms with Crippen LogP contribution in [0.3, 0.4) is 0 Å². The first-order chi connectivity index (χ1) is 9.43. The summed E-state index contributed by atoms with van der Waals surface area (Å²) in [4.78, 5) is 11.6. The zero-order valence-corrected chi connectivity index (χ0v) is 13.3. The van der Waals surface area contributed by atoms with Crippen molar-refractivity contribution < 1.29 is 0 Å². The summed E-state index contributed by atoms with van der Waals surface area (Å²) in [6.07, 6.45) is 3.53. The highest BCUT2D eigenvalue weighted by molar-refractivity contribution is 5.58. The van der Waals surface area contributed by atoms with E-state index in [1.54, 1.807) is 0 Å². The molecule has 3 N–H and O–H groups in total. The fraction of sp³-hybridized carbons (Fsp3) is 0.733. The lowest BCUT2D eigenvalue weighted by Gasteiger charge is -2.29. The van der Waals surface area contributed by atoms with Gasteiger partial charge in [0.2, 0.25) is 0 Å². The summed E-state index contributed by atoms with van der Waals surface area (Å²) in [6, 6.07) is 0.446. The molecular weight excluding hydrogens is 250 g/mol. The Bertz CT molecular complexity index is 468. The van der Waals surface area contributed by atoms with Gasteiger partial charge in [-0.1, -0.05) is 13.8 Å². The van der Waals surface area contributed by atoms with E-state index in [0.717, 1.165) is 29.4 Å². The van der Waals surface area contributed by atoms with Gasteiger partial charge in [-0.15, -0.1) is 0 Å². The molecule has 112 valence electrons. The van der Waals surface area contributed by atoms with Crippen LogP contribution in [0, 0.1) is 12.8 Å². The van der Waals surface area contributed by atoms with Gasteiger partial charge in [-0.25, -0.2) is 15.8 Å². The monoisotopic (exact) mass is 277 g/mol. The minimum Gasteiger partial charge on any atom is -0.357 e. The zero-order valence-electron chi connectivity index (χ0n) is 13.3. The van der Waals surface area contributed by atoms with Crippen molar-refractivity contribution in [3.05, 3.63) is 11.4 Å². The molecule has 1 heterocycles. The van der Waals surface area contributed by atoms with Gasteiger partial charge in [0, 0.05) is 24.6 Å². The van der Waals surface area contributed by atoms with Crippen molar-refractivity contribution in [2.24, 2.45) is 11.8 Å². The van der Waals surface area contributed by atoms with Crippen molar-refractivity contribution in [2.45, 2.75) is 58.9 Å². The Morgan fingerprint density at radius 1 is 1.30 bits per heavy atom. The van der Waals surface area contributed by atoms with Crippen molar-refractivity contribution >= 4 is 11.6 Å². The number of nitrogen functional groups attached to an aromatic ring is 1. The van der Waals surface area contributed by atoms with E-state index >= 15 is 0 Å². The number of nitrogens with one attached hydrogen (secondary N) is 1. The molecule has 1 aromatic rings. The summed E-state index contributed by atoms with van der Waals surface area (Å²) >= 11 is 0. The number of aromatic nitrogens is 2. The van der Waals surface area contributed by atoms with Gasteiger partial charge in [0.05, 0.1) is 0 Å². The lowest BCUT2D eigenvalue weighted by molar-refractivity contribution is 0.501. The molecule has 0 spiro atoms. The maximum atomic E-state index is 5.61. The Balaban J connectivity index is 2.31. The minimum atomic E-state index is 0.446. The zero-order chi connectivity index (χ0) is 14.9. The molecule has 0 radical (unpaired) electrons. The average molecular weight is 277 g/mol. The molecule has 1 aromatic heterocycles. The van der Waals surface area contributed by atoms with Crippen molar-refractivity contribution in [2.75, 3.05) is 17.4 Å². The first-order valence-corrected chi connectivity index (χ1v) is 7.52. The molecule has 1 saturated carbocycles. The molecule has 1 fully saturated rings. The van der Waals surface area contributed by atoms with Crippen LogP contribution in [0.2, 0.25) is 0 Å². The van der Waals surface area contributed by atoms with Gasteiger partial charge in [-0.2, -0.15) is 0 Å². The molecule has 1 atom stereocenters. The van der Waals surface area contributed by atoms with Gasteiger partial charge < -0.3 is 10.3 Å². The standard InChI is InChI=1S/C15H27N5/c1-9(2)8-10(3)20(5)15-11(4)13(19-16)17-14(18-15)12-6-7-12/h9-10,12H,6-8,16H2,1-5H3,(H,17,18,19). The highest BCUT2D eigenvalue weighted by atomic mass is 15.3. The second kappa shape index (κ2) is 5.95.